The van der Waals surface area contributed by atoms with E-state index in [1.54, 1.807) is 0 Å². The Morgan fingerprint density at radius 3 is 2.39 bits per heavy atom. The zero-order chi connectivity index (χ0) is 24.3. The molecule has 0 amide bonds. The molecule has 6 atom stereocenters. The highest BCUT2D eigenvalue weighted by molar-refractivity contribution is 5.83. The second kappa shape index (κ2) is 10.4. The van der Waals surface area contributed by atoms with Crippen LogP contribution in [0.5, 0.6) is 5.75 Å². The van der Waals surface area contributed by atoms with Gasteiger partial charge in [-0.15, -0.1) is 0 Å². The summed E-state index contributed by atoms with van der Waals surface area (Å²) < 4.78 is 0. The molecule has 0 radical (unpaired) electrons. The van der Waals surface area contributed by atoms with E-state index in [1.807, 2.05) is 6.07 Å². The summed E-state index contributed by atoms with van der Waals surface area (Å²) in [5.41, 5.74) is 3.38. The van der Waals surface area contributed by atoms with Crippen molar-refractivity contribution in [1.29, 1.82) is 0 Å². The van der Waals surface area contributed by atoms with Crippen molar-refractivity contribution in [3.05, 3.63) is 29.3 Å². The first-order valence-electron chi connectivity index (χ1n) is 12.0. The Labute approximate surface area is 194 Å². The molecule has 0 aromatic heterocycles. The number of carbonyl (C=O) groups is 2. The van der Waals surface area contributed by atoms with Crippen LogP contribution >= 0.6 is 0 Å². The normalized spacial score (nSPS) is 28.8. The van der Waals surface area contributed by atoms with Crippen molar-refractivity contribution in [2.45, 2.75) is 82.5 Å². The number of aliphatic hydroxyl groups excluding tert-OH is 2. The van der Waals surface area contributed by atoms with Crippen LogP contribution in [-0.4, -0.2) is 73.7 Å². The highest BCUT2D eigenvalue weighted by atomic mass is 16.4. The maximum atomic E-state index is 10.1. The van der Waals surface area contributed by atoms with Gasteiger partial charge in [-0.3, -0.25) is 4.90 Å². The molecule has 1 heterocycles. The van der Waals surface area contributed by atoms with E-state index in [2.05, 4.69) is 30.9 Å². The van der Waals surface area contributed by atoms with Crippen molar-refractivity contribution in [3.8, 4) is 5.75 Å². The van der Waals surface area contributed by atoms with E-state index in [9.17, 15) is 14.7 Å². The average molecular weight is 464 g/mol. The number of phenolic OH excluding ortho intramolecular Hbond substituents is 1. The van der Waals surface area contributed by atoms with Gasteiger partial charge in [0, 0.05) is 18.0 Å². The van der Waals surface area contributed by atoms with Crippen molar-refractivity contribution in [2.75, 3.05) is 13.1 Å². The lowest BCUT2D eigenvalue weighted by Crippen LogP contribution is -2.61. The highest BCUT2D eigenvalue weighted by Crippen LogP contribution is 2.56. The minimum Gasteiger partial charge on any atom is -0.508 e. The van der Waals surface area contributed by atoms with Gasteiger partial charge in [-0.2, -0.15) is 0 Å². The van der Waals surface area contributed by atoms with E-state index in [4.69, 9.17) is 20.4 Å². The zero-order valence-electron chi connectivity index (χ0n) is 19.5. The van der Waals surface area contributed by atoms with E-state index in [0.29, 0.717) is 11.2 Å². The second-order valence-electron chi connectivity index (χ2n) is 9.95. The predicted octanol–water partition coefficient (Wildman–Crippen LogP) is 2.37. The van der Waals surface area contributed by atoms with E-state index in [-0.39, 0.29) is 0 Å². The maximum absolute atomic E-state index is 10.1. The molecule has 1 saturated carbocycles. The minimum atomic E-state index is -2.27. The lowest BCUT2D eigenvalue weighted by Gasteiger charge is -2.59. The molecule has 1 unspecified atom stereocenters. The van der Waals surface area contributed by atoms with E-state index in [0.717, 1.165) is 17.9 Å². The van der Waals surface area contributed by atoms with Crippen LogP contribution in [0.2, 0.25) is 0 Å². The molecule has 33 heavy (non-hydrogen) atoms. The summed E-state index contributed by atoms with van der Waals surface area (Å²) in [6.07, 6.45) is 4.72. The Morgan fingerprint density at radius 1 is 1.12 bits per heavy atom. The van der Waals surface area contributed by atoms with Crippen LogP contribution < -0.4 is 0 Å². The molecule has 0 spiro atoms. The Hall–Kier alpha value is -2.16. The van der Waals surface area contributed by atoms with Gasteiger partial charge in [0.25, 0.3) is 0 Å². The number of aliphatic carboxylic acids is 2. The lowest BCUT2D eigenvalue weighted by atomic mass is 9.52. The number of hydrogen-bond acceptors (Lipinski definition) is 6. The van der Waals surface area contributed by atoms with E-state index in [1.165, 1.54) is 69.2 Å². The molecule has 2 bridgehead atoms. The molecular weight excluding hydrogens is 426 g/mol. The number of nitrogens with zero attached hydrogens (tertiary/aromatic N) is 1. The van der Waals surface area contributed by atoms with Gasteiger partial charge in [-0.1, -0.05) is 39.2 Å². The summed E-state index contributed by atoms with van der Waals surface area (Å²) in [5, 5.41) is 42.6. The number of likely N-dealkylation sites (tertiary alicyclic amines) is 1. The lowest BCUT2D eigenvalue weighted by molar-refractivity contribution is -0.165. The minimum absolute atomic E-state index is 0.362. The molecule has 184 valence electrons. The fourth-order valence-electron chi connectivity index (χ4n) is 6.10. The SMILES string of the molecule is CCC(C)CN1CC[C@]23CCCC[C@H]2[C@H]1Cc1ccc(O)cc13.O=C(O)[C@H](O)[C@@H](O)C(=O)O. The zero-order valence-corrected chi connectivity index (χ0v) is 19.5. The monoisotopic (exact) mass is 463 g/mol. The van der Waals surface area contributed by atoms with Gasteiger partial charge in [0.2, 0.25) is 0 Å². The molecule has 1 aliphatic heterocycles. The summed E-state index contributed by atoms with van der Waals surface area (Å²) >= 11 is 0. The smallest absolute Gasteiger partial charge is 0.335 e. The van der Waals surface area contributed by atoms with Crippen molar-refractivity contribution >= 4 is 11.9 Å². The number of piperidine rings is 1. The number of aliphatic hydroxyl groups is 2. The van der Waals surface area contributed by atoms with Crippen LogP contribution in [0.25, 0.3) is 0 Å². The second-order valence-corrected chi connectivity index (χ2v) is 9.95. The third-order valence-corrected chi connectivity index (χ3v) is 7.98. The first kappa shape index (κ1) is 25.5. The van der Waals surface area contributed by atoms with Gasteiger partial charge in [0.1, 0.15) is 5.75 Å². The largest absolute Gasteiger partial charge is 0.508 e. The Morgan fingerprint density at radius 2 is 1.79 bits per heavy atom. The molecule has 8 heteroatoms. The van der Waals surface area contributed by atoms with Crippen LogP contribution in [0, 0.1) is 11.8 Å². The number of rotatable bonds is 6. The van der Waals surface area contributed by atoms with Gasteiger partial charge in [-0.25, -0.2) is 9.59 Å². The van der Waals surface area contributed by atoms with Crippen molar-refractivity contribution in [2.24, 2.45) is 11.8 Å². The molecule has 2 aliphatic carbocycles. The fourth-order valence-corrected chi connectivity index (χ4v) is 6.10. The number of phenols is 1. The van der Waals surface area contributed by atoms with Crippen LogP contribution in [0.4, 0.5) is 0 Å². The van der Waals surface area contributed by atoms with Crippen LogP contribution in [0.1, 0.15) is 63.5 Å². The first-order valence-corrected chi connectivity index (χ1v) is 12.0. The van der Waals surface area contributed by atoms with Gasteiger partial charge in [0.05, 0.1) is 0 Å². The number of carboxylic acid groups (broad SMARTS) is 2. The Balaban J connectivity index is 0.000000262. The number of hydrogen-bond donors (Lipinski definition) is 5. The molecule has 8 nitrogen and oxygen atoms in total. The van der Waals surface area contributed by atoms with Crippen molar-refractivity contribution < 1.29 is 35.1 Å². The fraction of sp³-hybridized carbons (Fsp3) is 0.680. The number of carboxylic acids is 2. The molecule has 1 aromatic rings. The molecule has 4 rings (SSSR count). The number of aromatic hydroxyl groups is 1. The predicted molar refractivity (Wildman–Crippen MR) is 122 cm³/mol. The first-order chi connectivity index (χ1) is 15.6. The van der Waals surface area contributed by atoms with E-state index < -0.39 is 24.1 Å². The third-order valence-electron chi connectivity index (χ3n) is 7.98. The summed E-state index contributed by atoms with van der Waals surface area (Å²) in [4.78, 5) is 22.4. The van der Waals surface area contributed by atoms with Gasteiger partial charge < -0.3 is 25.5 Å². The number of benzene rings is 1. The third kappa shape index (κ3) is 5.18. The molecule has 1 aromatic carbocycles. The Bertz CT molecular complexity index is 841. The summed E-state index contributed by atoms with van der Waals surface area (Å²) in [5.74, 6) is -1.47. The van der Waals surface area contributed by atoms with Gasteiger partial charge >= 0.3 is 11.9 Å². The van der Waals surface area contributed by atoms with Crippen molar-refractivity contribution in [3.63, 3.8) is 0 Å². The molecule has 2 fully saturated rings. The highest BCUT2D eigenvalue weighted by Gasteiger charge is 2.53. The standard InChI is InChI=1S/C21H31NO.C4H6O6/c1-3-15(2)14-22-11-10-21-9-5-4-6-18(21)20(22)12-16-7-8-17(23)13-19(16)21;5-1(3(7)8)2(6)4(9)10/h7-8,13,15,18,20,23H,3-6,9-12,14H2,1-2H3;1-2,5-6H,(H,7,8)(H,9,10)/t15?,18-,20+,21+;1-,2-/m01/s1. The quantitative estimate of drug-likeness (QED) is 0.433. The summed E-state index contributed by atoms with van der Waals surface area (Å²) in [7, 11) is 0. The number of fused-ring (bicyclic) bond motifs is 1. The Kier molecular flexibility index (Phi) is 8.03. The van der Waals surface area contributed by atoms with Crippen molar-refractivity contribution in [1.82, 2.24) is 4.90 Å². The van der Waals surface area contributed by atoms with E-state index >= 15 is 0 Å². The molecule has 5 N–H and O–H groups in total. The van der Waals surface area contributed by atoms with Gasteiger partial charge in [-0.05, 0) is 67.3 Å². The molecule has 3 aliphatic rings. The summed E-state index contributed by atoms with van der Waals surface area (Å²) in [6.45, 7) is 7.23. The van der Waals surface area contributed by atoms with Gasteiger partial charge in [0.15, 0.2) is 12.2 Å². The van der Waals surface area contributed by atoms with Crippen LogP contribution in [0.3, 0.4) is 0 Å². The molecule has 1 saturated heterocycles. The summed E-state index contributed by atoms with van der Waals surface area (Å²) in [6, 6.07) is 6.94. The average Bonchev–Trinajstić information content (AvgIpc) is 2.80. The molecular formula is C25H37NO7. The van der Waals surface area contributed by atoms with Crippen LogP contribution in [-0.2, 0) is 21.4 Å². The topological polar surface area (TPSA) is 139 Å². The maximum Gasteiger partial charge on any atom is 0.335 e. The van der Waals surface area contributed by atoms with Crippen LogP contribution in [0.15, 0.2) is 18.2 Å².